The number of carbonyl (C=O) groups excluding carboxylic acids is 3. The van der Waals surface area contributed by atoms with E-state index < -0.39 is 17.8 Å². The smallest absolute Gasteiger partial charge is 0.345 e. The molecule has 8 nitrogen and oxygen atoms in total. The van der Waals surface area contributed by atoms with E-state index in [9.17, 15) is 14.4 Å². The normalized spacial score (nSPS) is 10.7. The number of aromatic nitrogens is 1. The van der Waals surface area contributed by atoms with Gasteiger partial charge in [-0.05, 0) is 68.4 Å². The van der Waals surface area contributed by atoms with Gasteiger partial charge < -0.3 is 24.1 Å². The third kappa shape index (κ3) is 5.40. The molecule has 0 spiro atoms. The van der Waals surface area contributed by atoms with E-state index in [1.165, 1.54) is 7.11 Å². The topological polar surface area (TPSA) is 95.9 Å². The summed E-state index contributed by atoms with van der Waals surface area (Å²) in [7, 11) is 1.48. The number of benzene rings is 4. The minimum absolute atomic E-state index is 0.166. The second-order valence-corrected chi connectivity index (χ2v) is 9.12. The molecule has 0 atom stereocenters. The maximum atomic E-state index is 13.3. The molecule has 1 amide bonds. The van der Waals surface area contributed by atoms with Crippen LogP contribution in [0, 0.1) is 6.92 Å². The zero-order valence-electron chi connectivity index (χ0n) is 22.8. The molecule has 41 heavy (non-hydrogen) atoms. The van der Waals surface area contributed by atoms with E-state index in [1.54, 1.807) is 73.7 Å². The van der Waals surface area contributed by atoms with Gasteiger partial charge in [0.05, 0.1) is 41.6 Å². The Morgan fingerprint density at radius 3 is 2.22 bits per heavy atom. The Morgan fingerprint density at radius 1 is 0.805 bits per heavy atom. The van der Waals surface area contributed by atoms with E-state index in [0.29, 0.717) is 28.0 Å². The Bertz CT molecular complexity index is 1760. The first-order chi connectivity index (χ1) is 19.9. The van der Waals surface area contributed by atoms with Crippen molar-refractivity contribution in [1.82, 2.24) is 4.57 Å². The number of hydrogen-bond acceptors (Lipinski definition) is 6. The predicted octanol–water partition coefficient (Wildman–Crippen LogP) is 6.60. The number of carbonyl (C=O) groups is 3. The Morgan fingerprint density at radius 2 is 1.49 bits per heavy atom. The first-order valence-electron chi connectivity index (χ1n) is 13.1. The fourth-order valence-electron chi connectivity index (χ4n) is 4.79. The zero-order valence-corrected chi connectivity index (χ0v) is 22.8. The van der Waals surface area contributed by atoms with Crippen molar-refractivity contribution in [2.75, 3.05) is 19.0 Å². The molecule has 1 heterocycles. The molecular formula is C33H28N2O6. The zero-order chi connectivity index (χ0) is 28.9. The number of nitrogens with one attached hydrogen (secondary N) is 1. The molecule has 0 aliphatic carbocycles. The van der Waals surface area contributed by atoms with Crippen molar-refractivity contribution >= 4 is 34.4 Å². The van der Waals surface area contributed by atoms with E-state index in [-0.39, 0.29) is 23.6 Å². The summed E-state index contributed by atoms with van der Waals surface area (Å²) < 4.78 is 18.4. The third-order valence-corrected chi connectivity index (χ3v) is 6.63. The maximum Gasteiger partial charge on any atom is 0.345 e. The highest BCUT2D eigenvalue weighted by atomic mass is 16.5. The Hall–Kier alpha value is -5.37. The number of anilines is 1. The molecule has 0 unspecified atom stereocenters. The van der Waals surface area contributed by atoms with Gasteiger partial charge in [-0.15, -0.1) is 0 Å². The average molecular weight is 549 g/mol. The van der Waals surface area contributed by atoms with Crippen LogP contribution in [0.2, 0.25) is 0 Å². The average Bonchev–Trinajstić information content (AvgIpc) is 3.28. The Kier molecular flexibility index (Phi) is 7.83. The molecule has 1 aromatic heterocycles. The quantitative estimate of drug-likeness (QED) is 0.174. The summed E-state index contributed by atoms with van der Waals surface area (Å²) in [5.74, 6) is -0.909. The number of para-hydroxylation sites is 3. The van der Waals surface area contributed by atoms with Crippen molar-refractivity contribution < 1.29 is 28.6 Å². The molecule has 4 aromatic carbocycles. The van der Waals surface area contributed by atoms with Crippen molar-refractivity contribution in [3.63, 3.8) is 0 Å². The fourth-order valence-corrected chi connectivity index (χ4v) is 4.79. The number of rotatable bonds is 8. The summed E-state index contributed by atoms with van der Waals surface area (Å²) in [6.45, 7) is 3.83. The van der Waals surface area contributed by atoms with Gasteiger partial charge in [0, 0.05) is 16.8 Å². The van der Waals surface area contributed by atoms with Crippen LogP contribution in [0.4, 0.5) is 5.69 Å². The summed E-state index contributed by atoms with van der Waals surface area (Å²) in [4.78, 5) is 39.3. The minimum atomic E-state index is -0.669. The van der Waals surface area contributed by atoms with Gasteiger partial charge in [0.25, 0.3) is 5.91 Å². The molecule has 5 aromatic rings. The molecule has 8 heteroatoms. The molecule has 1 N–H and O–H groups in total. The predicted molar refractivity (Wildman–Crippen MR) is 156 cm³/mol. The van der Waals surface area contributed by atoms with E-state index >= 15 is 0 Å². The van der Waals surface area contributed by atoms with Gasteiger partial charge in [0.15, 0.2) is 0 Å². The number of methoxy groups -OCH3 is 1. The largest absolute Gasteiger partial charge is 0.496 e. The van der Waals surface area contributed by atoms with Crippen LogP contribution in [-0.2, 0) is 4.74 Å². The third-order valence-electron chi connectivity index (χ3n) is 6.63. The number of hydrogen-bond donors (Lipinski definition) is 1. The molecule has 0 saturated heterocycles. The van der Waals surface area contributed by atoms with Crippen molar-refractivity contribution in [2.24, 2.45) is 0 Å². The van der Waals surface area contributed by atoms with Crippen LogP contribution in [0.15, 0.2) is 97.1 Å². The summed E-state index contributed by atoms with van der Waals surface area (Å²) in [6, 6.07) is 28.2. The first kappa shape index (κ1) is 27.2. The number of ether oxygens (including phenoxy) is 3. The van der Waals surface area contributed by atoms with Gasteiger partial charge in [-0.1, -0.05) is 42.5 Å². The molecule has 0 radical (unpaired) electrons. The molecule has 0 aliphatic heterocycles. The van der Waals surface area contributed by atoms with Gasteiger partial charge in [-0.3, -0.25) is 4.79 Å². The van der Waals surface area contributed by atoms with Crippen LogP contribution >= 0.6 is 0 Å². The van der Waals surface area contributed by atoms with Crippen molar-refractivity contribution in [3.05, 3.63) is 119 Å². The number of fused-ring (bicyclic) bond motifs is 1. The highest BCUT2D eigenvalue weighted by Gasteiger charge is 2.24. The van der Waals surface area contributed by atoms with Crippen LogP contribution in [0.3, 0.4) is 0 Å². The molecule has 0 saturated carbocycles. The molecular weight excluding hydrogens is 520 g/mol. The number of amides is 1. The summed E-state index contributed by atoms with van der Waals surface area (Å²) in [5.41, 5.74) is 3.53. The molecule has 5 rings (SSSR count). The molecule has 206 valence electrons. The van der Waals surface area contributed by atoms with Gasteiger partial charge in [-0.2, -0.15) is 0 Å². The van der Waals surface area contributed by atoms with Crippen LogP contribution < -0.4 is 14.8 Å². The molecule has 0 aliphatic rings. The lowest BCUT2D eigenvalue weighted by Crippen LogP contribution is -2.17. The van der Waals surface area contributed by atoms with E-state index in [2.05, 4.69) is 5.32 Å². The lowest BCUT2D eigenvalue weighted by Gasteiger charge is -2.13. The monoisotopic (exact) mass is 548 g/mol. The van der Waals surface area contributed by atoms with Gasteiger partial charge in [0.1, 0.15) is 11.5 Å². The van der Waals surface area contributed by atoms with Gasteiger partial charge in [0.2, 0.25) is 0 Å². The van der Waals surface area contributed by atoms with Crippen molar-refractivity contribution in [2.45, 2.75) is 13.8 Å². The maximum absolute atomic E-state index is 13.3. The van der Waals surface area contributed by atoms with Gasteiger partial charge >= 0.3 is 11.9 Å². The van der Waals surface area contributed by atoms with Crippen molar-refractivity contribution in [1.29, 1.82) is 0 Å². The number of nitrogens with zero attached hydrogens (tertiary/aromatic N) is 1. The second-order valence-electron chi connectivity index (χ2n) is 9.12. The highest BCUT2D eigenvalue weighted by molar-refractivity contribution is 6.10. The summed E-state index contributed by atoms with van der Waals surface area (Å²) in [6.07, 6.45) is 0. The minimum Gasteiger partial charge on any atom is -0.496 e. The lowest BCUT2D eigenvalue weighted by atomic mass is 10.1. The Labute approximate surface area is 237 Å². The van der Waals surface area contributed by atoms with E-state index in [1.807, 2.05) is 41.8 Å². The van der Waals surface area contributed by atoms with Gasteiger partial charge in [-0.25, -0.2) is 9.59 Å². The summed E-state index contributed by atoms with van der Waals surface area (Å²) in [5, 5.41) is 3.37. The Balaban J connectivity index is 1.48. The molecule has 0 bridgehead atoms. The second kappa shape index (κ2) is 11.8. The highest BCUT2D eigenvalue weighted by Crippen LogP contribution is 2.33. The lowest BCUT2D eigenvalue weighted by molar-refractivity contribution is 0.0527. The fraction of sp³-hybridized carbons (Fsp3) is 0.121. The van der Waals surface area contributed by atoms with E-state index in [0.717, 1.165) is 11.2 Å². The van der Waals surface area contributed by atoms with Crippen LogP contribution in [0.5, 0.6) is 11.5 Å². The SMILES string of the molecule is CCOC(=O)c1c(C)n(-c2ccccc2)c2ccc(OC(=O)c3ccccc3NC(=O)c3ccccc3OC)cc12. The summed E-state index contributed by atoms with van der Waals surface area (Å²) >= 11 is 0. The van der Waals surface area contributed by atoms with Crippen LogP contribution in [0.25, 0.3) is 16.6 Å². The van der Waals surface area contributed by atoms with E-state index in [4.69, 9.17) is 14.2 Å². The molecule has 0 fully saturated rings. The van der Waals surface area contributed by atoms with Crippen LogP contribution in [-0.4, -0.2) is 36.1 Å². The standard InChI is InChI=1S/C33H28N2O6/c1-4-40-33(38)30-21(2)35(22-12-6-5-7-13-22)28-19-18-23(20-26(28)30)41-32(37)24-14-8-10-16-27(24)34-31(36)25-15-9-11-17-29(25)39-3/h5-20H,4H2,1-3H3,(H,34,36). The van der Waals surface area contributed by atoms with Crippen LogP contribution in [0.1, 0.15) is 43.7 Å². The van der Waals surface area contributed by atoms with Crippen molar-refractivity contribution in [3.8, 4) is 17.2 Å². The number of esters is 2. The first-order valence-corrected chi connectivity index (χ1v) is 13.1.